The number of fused-ring (bicyclic) bond motifs is 1. The second kappa shape index (κ2) is 8.85. The lowest BCUT2D eigenvalue weighted by molar-refractivity contribution is 0.222. The van der Waals surface area contributed by atoms with Gasteiger partial charge in [0.2, 0.25) is 0 Å². The Morgan fingerprint density at radius 2 is 2.00 bits per heavy atom. The predicted molar refractivity (Wildman–Crippen MR) is 129 cm³/mol. The lowest BCUT2D eigenvalue weighted by Gasteiger charge is -2.30. The van der Waals surface area contributed by atoms with Gasteiger partial charge < -0.3 is 15.2 Å². The molecule has 29 heavy (non-hydrogen) atoms. The molecule has 1 aliphatic heterocycles. The number of hydrogen-bond acceptors (Lipinski definition) is 5. The Labute approximate surface area is 194 Å². The normalized spacial score (nSPS) is 34.1. The zero-order valence-corrected chi connectivity index (χ0v) is 20.9. The van der Waals surface area contributed by atoms with Crippen LogP contribution < -0.4 is 10.1 Å². The highest BCUT2D eigenvalue weighted by atomic mass is 35.5. The van der Waals surface area contributed by atoms with E-state index in [0.29, 0.717) is 33.5 Å². The number of hydrazine groups is 1. The summed E-state index contributed by atoms with van der Waals surface area (Å²) in [5, 5.41) is 6.92. The SMILES string of the molecule is CN(C)C1CCC2C(C1)C2(Cl)Cl.CNc1cc(F)c(S2(S)C=CN(C)N2)cc1Cl. The van der Waals surface area contributed by atoms with Crippen molar-refractivity contribution in [1.82, 2.24) is 14.7 Å². The van der Waals surface area contributed by atoms with Gasteiger partial charge in [-0.05, 0) is 62.7 Å². The summed E-state index contributed by atoms with van der Waals surface area (Å²) in [7, 11) is 6.00. The van der Waals surface area contributed by atoms with Crippen LogP contribution in [0.1, 0.15) is 19.3 Å². The molecule has 0 spiro atoms. The number of nitrogens with zero attached hydrogens (tertiary/aromatic N) is 2. The van der Waals surface area contributed by atoms with Crippen LogP contribution in [0.25, 0.3) is 0 Å². The van der Waals surface area contributed by atoms with Crippen LogP contribution in [0.5, 0.6) is 0 Å². The smallest absolute Gasteiger partial charge is 0.139 e. The summed E-state index contributed by atoms with van der Waals surface area (Å²) in [4.78, 5) is 5.87. The first kappa shape index (κ1) is 23.6. The van der Waals surface area contributed by atoms with Crippen LogP contribution in [0.3, 0.4) is 0 Å². The van der Waals surface area contributed by atoms with Gasteiger partial charge in [0, 0.05) is 26.3 Å². The van der Waals surface area contributed by atoms with Crippen molar-refractivity contribution < 1.29 is 4.39 Å². The lowest BCUT2D eigenvalue weighted by atomic mass is 9.95. The zero-order valence-electron chi connectivity index (χ0n) is 16.9. The third-order valence-corrected chi connectivity index (χ3v) is 10.5. The Balaban J connectivity index is 0.000000176. The van der Waals surface area contributed by atoms with Gasteiger partial charge in [-0.3, -0.25) is 0 Å². The Kier molecular flexibility index (Phi) is 7.21. The first-order valence-corrected chi connectivity index (χ1v) is 13.3. The summed E-state index contributed by atoms with van der Waals surface area (Å²) in [5.74, 6) is 0.843. The number of rotatable bonds is 3. The zero-order chi connectivity index (χ0) is 21.6. The van der Waals surface area contributed by atoms with Crippen LogP contribution in [-0.2, 0) is 0 Å². The van der Waals surface area contributed by atoms with E-state index < -0.39 is 9.25 Å². The maximum Gasteiger partial charge on any atom is 0.139 e. The van der Waals surface area contributed by atoms with E-state index in [0.717, 1.165) is 0 Å². The van der Waals surface area contributed by atoms with E-state index in [-0.39, 0.29) is 10.2 Å². The quantitative estimate of drug-likeness (QED) is 0.274. The van der Waals surface area contributed by atoms with Gasteiger partial charge in [-0.1, -0.05) is 20.8 Å². The average Bonchev–Trinajstić information content (AvgIpc) is 3.02. The number of benzene rings is 1. The van der Waals surface area contributed by atoms with Crippen LogP contribution in [0.4, 0.5) is 10.1 Å². The topological polar surface area (TPSA) is 30.5 Å². The molecule has 1 aromatic carbocycles. The van der Waals surface area contributed by atoms with Gasteiger partial charge >= 0.3 is 0 Å². The number of thiol groups is 1. The molecule has 164 valence electrons. The lowest BCUT2D eigenvalue weighted by Crippen LogP contribution is -2.30. The second-order valence-electron chi connectivity index (χ2n) is 7.94. The van der Waals surface area contributed by atoms with Crippen LogP contribution in [-0.4, -0.2) is 48.5 Å². The molecule has 3 aliphatic rings. The number of halogens is 4. The van der Waals surface area contributed by atoms with Crippen molar-refractivity contribution in [2.45, 2.75) is 34.5 Å². The molecule has 1 heterocycles. The number of nitrogens with one attached hydrogen (secondary N) is 2. The highest BCUT2D eigenvalue weighted by Gasteiger charge is 2.64. The minimum absolute atomic E-state index is 0.323. The van der Waals surface area contributed by atoms with Gasteiger partial charge in [0.1, 0.15) is 10.2 Å². The molecular weight excluding hydrogens is 474 g/mol. The molecule has 2 N–H and O–H groups in total. The van der Waals surface area contributed by atoms with Crippen LogP contribution >= 0.6 is 55.7 Å². The molecule has 0 bridgehead atoms. The molecule has 2 saturated carbocycles. The van der Waals surface area contributed by atoms with Crippen LogP contribution in [0.15, 0.2) is 28.6 Å². The highest BCUT2D eigenvalue weighted by molar-refractivity contribution is 8.88. The molecule has 0 aromatic heterocycles. The Bertz CT molecular complexity index is 795. The van der Waals surface area contributed by atoms with E-state index in [1.807, 2.05) is 18.7 Å². The number of anilines is 1. The van der Waals surface area contributed by atoms with Gasteiger partial charge in [-0.15, -0.1) is 34.9 Å². The highest BCUT2D eigenvalue weighted by Crippen LogP contribution is 2.65. The molecule has 4 rings (SSSR count). The monoisotopic (exact) mass is 500 g/mol. The van der Waals surface area contributed by atoms with Gasteiger partial charge in [-0.25, -0.2) is 4.39 Å². The summed E-state index contributed by atoms with van der Waals surface area (Å²) in [5.41, 5.74) is 0.569. The fourth-order valence-electron chi connectivity index (χ4n) is 3.97. The van der Waals surface area contributed by atoms with E-state index in [9.17, 15) is 4.39 Å². The second-order valence-corrected chi connectivity index (χ2v) is 13.7. The third-order valence-electron chi connectivity index (χ3n) is 5.82. The molecule has 2 fully saturated rings. The maximum atomic E-state index is 14.0. The summed E-state index contributed by atoms with van der Waals surface area (Å²) in [6, 6.07) is 3.70. The van der Waals surface area contributed by atoms with E-state index in [1.165, 1.54) is 25.3 Å². The molecule has 10 heteroatoms. The Morgan fingerprint density at radius 1 is 1.31 bits per heavy atom. The summed E-state index contributed by atoms with van der Waals surface area (Å²) < 4.78 is 13.7. The minimum atomic E-state index is -1.81. The molecule has 0 saturated heterocycles. The van der Waals surface area contributed by atoms with Crippen LogP contribution in [0.2, 0.25) is 5.02 Å². The fraction of sp³-hybridized carbons (Fsp3) is 0.579. The molecule has 0 radical (unpaired) electrons. The van der Waals surface area contributed by atoms with Crippen LogP contribution in [0, 0.1) is 17.7 Å². The van der Waals surface area contributed by atoms with E-state index >= 15 is 0 Å². The standard InChI is InChI=1S/C10H13ClFN3S2.C9H15Cl2N/c1-13-9-6-8(12)10(5-7(9)11)17(16)4-3-15(2)14-17;1-12(2)6-3-4-7-8(5-6)9(7,10)11/h3-6,13-14,16H,1-2H3;6-8H,3-5H2,1-2H3. The van der Waals surface area contributed by atoms with Gasteiger partial charge in [0.05, 0.1) is 15.6 Å². The third kappa shape index (κ3) is 4.92. The van der Waals surface area contributed by atoms with Crippen molar-refractivity contribution in [2.24, 2.45) is 11.8 Å². The minimum Gasteiger partial charge on any atom is -0.387 e. The molecule has 2 aliphatic carbocycles. The fourth-order valence-corrected chi connectivity index (χ4v) is 7.96. The Hall–Kier alpha value is -0.0200. The molecule has 4 nitrogen and oxygen atoms in total. The summed E-state index contributed by atoms with van der Waals surface area (Å²) in [6.07, 6.45) is 5.47. The van der Waals surface area contributed by atoms with E-state index in [1.54, 1.807) is 18.1 Å². The largest absolute Gasteiger partial charge is 0.387 e. The van der Waals surface area contributed by atoms with Gasteiger partial charge in [0.25, 0.3) is 0 Å². The molecule has 0 amide bonds. The van der Waals surface area contributed by atoms with Crippen molar-refractivity contribution in [3.8, 4) is 0 Å². The number of alkyl halides is 2. The summed E-state index contributed by atoms with van der Waals surface area (Å²) >= 11 is 22.9. The Morgan fingerprint density at radius 3 is 2.52 bits per heavy atom. The maximum absolute atomic E-state index is 14.0. The molecular formula is C19H28Cl3FN4S2. The predicted octanol–water partition coefficient (Wildman–Crippen LogP) is 5.89. The first-order chi connectivity index (χ1) is 13.5. The first-order valence-electron chi connectivity index (χ1n) is 9.45. The number of hydrogen-bond donors (Lipinski definition) is 3. The summed E-state index contributed by atoms with van der Waals surface area (Å²) in [6.45, 7) is 0. The molecule has 4 unspecified atom stereocenters. The van der Waals surface area contributed by atoms with E-state index in [2.05, 4.69) is 40.8 Å². The molecule has 1 aromatic rings. The van der Waals surface area contributed by atoms with Crippen molar-refractivity contribution in [3.05, 3.63) is 34.6 Å². The molecule has 4 atom stereocenters. The van der Waals surface area contributed by atoms with Crippen molar-refractivity contribution in [3.63, 3.8) is 0 Å². The van der Waals surface area contributed by atoms with Crippen molar-refractivity contribution >= 4 is 61.4 Å². The van der Waals surface area contributed by atoms with Gasteiger partial charge in [-0.2, -0.15) is 4.83 Å². The van der Waals surface area contributed by atoms with E-state index in [4.69, 9.17) is 34.8 Å². The van der Waals surface area contributed by atoms with Gasteiger partial charge in [0.15, 0.2) is 0 Å². The van der Waals surface area contributed by atoms with Crippen molar-refractivity contribution in [2.75, 3.05) is 33.5 Å². The average molecular weight is 502 g/mol. The van der Waals surface area contributed by atoms with Crippen molar-refractivity contribution in [1.29, 1.82) is 0 Å².